The predicted octanol–water partition coefficient (Wildman–Crippen LogP) is 0.637. The maximum atomic E-state index is 9.08. The van der Waals surface area contributed by atoms with E-state index in [4.69, 9.17) is 18.2 Å². The zero-order valence-corrected chi connectivity index (χ0v) is 5.91. The molecule has 0 spiro atoms. The standard InChI is InChI=1S/C4H6.H2O5S/c1-3-4-2;1-5-6(2,3)4/h3-4H,1-2H2;1H,(H,2,3,4). The lowest BCUT2D eigenvalue weighted by molar-refractivity contribution is -0.139. The van der Waals surface area contributed by atoms with Gasteiger partial charge in [-0.25, -0.2) is 5.26 Å². The lowest BCUT2D eigenvalue weighted by Crippen LogP contribution is -1.97. The Labute approximate surface area is 59.1 Å². The highest BCUT2D eigenvalue weighted by atomic mass is 32.3. The molecule has 0 unspecified atom stereocenters. The van der Waals surface area contributed by atoms with E-state index in [2.05, 4.69) is 17.5 Å². The molecule has 0 aromatic carbocycles. The fourth-order valence-corrected chi connectivity index (χ4v) is 0. The van der Waals surface area contributed by atoms with E-state index in [1.165, 1.54) is 0 Å². The van der Waals surface area contributed by atoms with Gasteiger partial charge in [0.2, 0.25) is 0 Å². The topological polar surface area (TPSA) is 83.8 Å². The van der Waals surface area contributed by atoms with Crippen LogP contribution >= 0.6 is 0 Å². The van der Waals surface area contributed by atoms with E-state index < -0.39 is 10.4 Å². The molecule has 0 saturated heterocycles. The lowest BCUT2D eigenvalue weighted by Gasteiger charge is -1.79. The van der Waals surface area contributed by atoms with E-state index in [0.717, 1.165) is 0 Å². The Morgan fingerprint density at radius 2 is 1.50 bits per heavy atom. The number of allylic oxidation sites excluding steroid dienone is 2. The van der Waals surface area contributed by atoms with Gasteiger partial charge in [-0.1, -0.05) is 29.6 Å². The molecular formula is C4H8O5S. The van der Waals surface area contributed by atoms with Crippen LogP contribution in [0.25, 0.3) is 0 Å². The highest BCUT2D eigenvalue weighted by molar-refractivity contribution is 7.80. The van der Waals surface area contributed by atoms with Crippen LogP contribution < -0.4 is 0 Å². The fourth-order valence-electron chi connectivity index (χ4n) is 0. The molecule has 0 aliphatic heterocycles. The first-order chi connectivity index (χ1) is 4.47. The van der Waals surface area contributed by atoms with Crippen molar-refractivity contribution in [3.05, 3.63) is 25.3 Å². The van der Waals surface area contributed by atoms with Gasteiger partial charge < -0.3 is 0 Å². The van der Waals surface area contributed by atoms with E-state index in [0.29, 0.717) is 0 Å². The number of hydrogen-bond acceptors (Lipinski definition) is 4. The van der Waals surface area contributed by atoms with Crippen molar-refractivity contribution >= 4 is 10.4 Å². The van der Waals surface area contributed by atoms with Gasteiger partial charge in [-0.2, -0.15) is 8.42 Å². The molecule has 0 bridgehead atoms. The van der Waals surface area contributed by atoms with Crippen molar-refractivity contribution in [2.45, 2.75) is 0 Å². The van der Waals surface area contributed by atoms with Crippen LogP contribution in [-0.2, 0) is 14.7 Å². The van der Waals surface area contributed by atoms with E-state index in [9.17, 15) is 0 Å². The van der Waals surface area contributed by atoms with Gasteiger partial charge >= 0.3 is 10.4 Å². The van der Waals surface area contributed by atoms with Gasteiger partial charge in [0.1, 0.15) is 0 Å². The van der Waals surface area contributed by atoms with Crippen molar-refractivity contribution in [3.63, 3.8) is 0 Å². The Kier molecular flexibility index (Phi) is 7.74. The largest absolute Gasteiger partial charge is 0.423 e. The fraction of sp³-hybridized carbons (Fsp3) is 0. The van der Waals surface area contributed by atoms with Crippen LogP contribution in [0.3, 0.4) is 0 Å². The van der Waals surface area contributed by atoms with Gasteiger partial charge in [-0.3, -0.25) is 4.55 Å². The minimum atomic E-state index is -4.61. The lowest BCUT2D eigenvalue weighted by atomic mass is 10.6. The molecular weight excluding hydrogens is 160 g/mol. The molecule has 0 atom stereocenters. The molecule has 60 valence electrons. The molecule has 5 nitrogen and oxygen atoms in total. The first kappa shape index (κ1) is 12.0. The summed E-state index contributed by atoms with van der Waals surface area (Å²) in [7, 11) is -4.61. The smallest absolute Gasteiger partial charge is 0.262 e. The minimum absolute atomic E-state index is 1.64. The maximum absolute atomic E-state index is 9.08. The molecule has 0 aromatic heterocycles. The van der Waals surface area contributed by atoms with Crippen molar-refractivity contribution in [1.82, 2.24) is 0 Å². The van der Waals surface area contributed by atoms with Gasteiger partial charge in [0, 0.05) is 0 Å². The molecule has 2 N–H and O–H groups in total. The first-order valence-corrected chi connectivity index (χ1v) is 3.38. The molecule has 0 rings (SSSR count). The second kappa shape index (κ2) is 6.43. The van der Waals surface area contributed by atoms with Gasteiger partial charge in [0.25, 0.3) is 0 Å². The first-order valence-electron chi connectivity index (χ1n) is 2.01. The van der Waals surface area contributed by atoms with Crippen molar-refractivity contribution in [1.29, 1.82) is 0 Å². The summed E-state index contributed by atoms with van der Waals surface area (Å²) in [6.45, 7) is 6.72. The summed E-state index contributed by atoms with van der Waals surface area (Å²) in [5, 5.41) is 7.06. The summed E-state index contributed by atoms with van der Waals surface area (Å²) >= 11 is 0. The van der Waals surface area contributed by atoms with Crippen LogP contribution in [0.1, 0.15) is 0 Å². The van der Waals surface area contributed by atoms with Crippen LogP contribution in [-0.4, -0.2) is 18.2 Å². The van der Waals surface area contributed by atoms with Crippen molar-refractivity contribution in [2.75, 3.05) is 0 Å². The summed E-state index contributed by atoms with van der Waals surface area (Å²) in [6.07, 6.45) is 3.28. The molecule has 10 heavy (non-hydrogen) atoms. The number of hydrogen-bond donors (Lipinski definition) is 2. The van der Waals surface area contributed by atoms with Crippen molar-refractivity contribution in [2.24, 2.45) is 0 Å². The highest BCUT2D eigenvalue weighted by Gasteiger charge is 1.97. The summed E-state index contributed by atoms with van der Waals surface area (Å²) < 4.78 is 28.0. The Morgan fingerprint density at radius 1 is 1.30 bits per heavy atom. The maximum Gasteiger partial charge on any atom is 0.423 e. The van der Waals surface area contributed by atoms with Crippen LogP contribution in [0.15, 0.2) is 25.3 Å². The third-order valence-corrected chi connectivity index (χ3v) is 0.449. The van der Waals surface area contributed by atoms with Crippen LogP contribution in [0.4, 0.5) is 0 Å². The Hall–Kier alpha value is -0.690. The van der Waals surface area contributed by atoms with Gasteiger partial charge in [0.05, 0.1) is 0 Å². The molecule has 0 fully saturated rings. The Bertz CT molecular complexity index is 174. The Morgan fingerprint density at radius 3 is 1.50 bits per heavy atom. The van der Waals surface area contributed by atoms with Gasteiger partial charge in [-0.05, 0) is 0 Å². The van der Waals surface area contributed by atoms with Crippen molar-refractivity contribution < 1.29 is 22.6 Å². The molecule has 6 heteroatoms. The Balaban J connectivity index is 0. The monoisotopic (exact) mass is 168 g/mol. The third-order valence-electron chi connectivity index (χ3n) is 0.261. The normalized spacial score (nSPS) is 9.00. The summed E-state index contributed by atoms with van der Waals surface area (Å²) in [6, 6.07) is 0. The average molecular weight is 168 g/mol. The molecule has 0 aromatic rings. The van der Waals surface area contributed by atoms with E-state index in [1.54, 1.807) is 12.2 Å². The summed E-state index contributed by atoms with van der Waals surface area (Å²) in [5.74, 6) is 0. The number of rotatable bonds is 2. The van der Waals surface area contributed by atoms with E-state index in [1.807, 2.05) is 0 Å². The van der Waals surface area contributed by atoms with E-state index >= 15 is 0 Å². The second-order valence-corrected chi connectivity index (χ2v) is 1.98. The van der Waals surface area contributed by atoms with Crippen LogP contribution in [0.5, 0.6) is 0 Å². The average Bonchev–Trinajstić information content (AvgIpc) is 1.87. The van der Waals surface area contributed by atoms with Gasteiger partial charge in [0.15, 0.2) is 0 Å². The third kappa shape index (κ3) is 26.6. The molecule has 0 saturated carbocycles. The molecule has 0 aliphatic rings. The zero-order chi connectivity index (χ0) is 8.62. The zero-order valence-electron chi connectivity index (χ0n) is 5.10. The molecule has 0 amide bonds. The SMILES string of the molecule is C=CC=C.O=S(=O)(O)OO. The van der Waals surface area contributed by atoms with Crippen LogP contribution in [0, 0.1) is 0 Å². The minimum Gasteiger partial charge on any atom is -0.262 e. The van der Waals surface area contributed by atoms with Crippen LogP contribution in [0.2, 0.25) is 0 Å². The summed E-state index contributed by atoms with van der Waals surface area (Å²) in [4.78, 5) is 0. The second-order valence-electron chi connectivity index (χ2n) is 0.974. The van der Waals surface area contributed by atoms with Gasteiger partial charge in [-0.15, -0.1) is 0 Å². The summed E-state index contributed by atoms with van der Waals surface area (Å²) in [5.41, 5.74) is 0. The van der Waals surface area contributed by atoms with E-state index in [-0.39, 0.29) is 0 Å². The quantitative estimate of drug-likeness (QED) is 0.273. The molecule has 0 aliphatic carbocycles. The predicted molar refractivity (Wildman–Crippen MR) is 35.7 cm³/mol. The highest BCUT2D eigenvalue weighted by Crippen LogP contribution is 1.74. The van der Waals surface area contributed by atoms with Crippen molar-refractivity contribution in [3.8, 4) is 0 Å². The molecule has 0 heterocycles. The molecule has 0 radical (unpaired) electrons.